The highest BCUT2D eigenvalue weighted by Gasteiger charge is 2.31. The average molecular weight is 387 g/mol. The topological polar surface area (TPSA) is 46.4 Å². The van der Waals surface area contributed by atoms with Crippen molar-refractivity contribution in [2.75, 3.05) is 11.9 Å². The second-order valence-corrected chi connectivity index (χ2v) is 5.54. The van der Waals surface area contributed by atoms with Crippen LogP contribution in [0.5, 0.6) is 0 Å². The fourth-order valence-electron chi connectivity index (χ4n) is 2.58. The van der Waals surface area contributed by atoms with Gasteiger partial charge < -0.3 is 5.32 Å². The van der Waals surface area contributed by atoms with Gasteiger partial charge in [0.05, 0.1) is 23.2 Å². The second kappa shape index (κ2) is 6.93. The fourth-order valence-corrected chi connectivity index (χ4v) is 2.58. The van der Waals surface area contributed by atoms with Gasteiger partial charge in [-0.15, -0.1) is 0 Å². The summed E-state index contributed by atoms with van der Waals surface area (Å²) in [6, 6.07) is 6.38. The normalized spacial score (nSPS) is 12.0. The van der Waals surface area contributed by atoms with Crippen LogP contribution in [0.4, 0.5) is 32.3 Å². The Kier molecular flexibility index (Phi) is 4.81. The molecule has 0 aliphatic rings. The van der Waals surface area contributed by atoms with Crippen molar-refractivity contribution in [1.82, 2.24) is 9.38 Å². The Balaban J connectivity index is 2.34. The lowest BCUT2D eigenvalue weighted by Gasteiger charge is -2.15. The van der Waals surface area contributed by atoms with Gasteiger partial charge in [0.15, 0.2) is 0 Å². The summed E-state index contributed by atoms with van der Waals surface area (Å²) in [4.78, 5) is 16.0. The van der Waals surface area contributed by atoms with Gasteiger partial charge >= 0.3 is 6.18 Å². The minimum absolute atomic E-state index is 0.243. The summed E-state index contributed by atoms with van der Waals surface area (Å²) in [5.41, 5.74) is -3.08. The first-order valence-corrected chi connectivity index (χ1v) is 7.59. The summed E-state index contributed by atoms with van der Waals surface area (Å²) in [7, 11) is 0. The quantitative estimate of drug-likeness (QED) is 0.683. The van der Waals surface area contributed by atoms with Crippen molar-refractivity contribution in [2.45, 2.75) is 12.6 Å². The van der Waals surface area contributed by atoms with E-state index in [1.807, 2.05) is 0 Å². The van der Waals surface area contributed by atoms with Crippen LogP contribution < -0.4 is 10.9 Å². The average Bonchev–Trinajstić information content (AvgIpc) is 2.59. The number of halogens is 6. The highest BCUT2D eigenvalue weighted by atomic mass is 19.4. The first kappa shape index (κ1) is 18.7. The van der Waals surface area contributed by atoms with Gasteiger partial charge in [0, 0.05) is 11.8 Å². The SMILES string of the molecule is O=c1nc(NCC(F)F)n2ccc(C(F)(F)F)cc2c1-c1ccccc1F. The van der Waals surface area contributed by atoms with Crippen molar-refractivity contribution in [1.29, 1.82) is 0 Å². The van der Waals surface area contributed by atoms with E-state index < -0.39 is 41.6 Å². The third kappa shape index (κ3) is 3.74. The van der Waals surface area contributed by atoms with Gasteiger partial charge in [-0.1, -0.05) is 18.2 Å². The molecule has 1 N–H and O–H groups in total. The van der Waals surface area contributed by atoms with Gasteiger partial charge in [0.1, 0.15) is 5.82 Å². The fraction of sp³-hybridized carbons (Fsp3) is 0.176. The molecule has 0 radical (unpaired) electrons. The van der Waals surface area contributed by atoms with Gasteiger partial charge in [-0.25, -0.2) is 13.2 Å². The number of nitrogens with one attached hydrogen (secondary N) is 1. The van der Waals surface area contributed by atoms with Gasteiger partial charge in [0.2, 0.25) is 5.95 Å². The Labute approximate surface area is 148 Å². The molecule has 3 rings (SSSR count). The molecule has 0 aliphatic heterocycles. The lowest BCUT2D eigenvalue weighted by Crippen LogP contribution is -2.21. The number of nitrogens with zero attached hydrogens (tertiary/aromatic N) is 2. The molecule has 0 bridgehead atoms. The molecular formula is C17H11F6N3O. The maximum absolute atomic E-state index is 14.2. The molecule has 0 unspecified atom stereocenters. The summed E-state index contributed by atoms with van der Waals surface area (Å²) in [5, 5.41) is 2.21. The number of hydrogen-bond donors (Lipinski definition) is 1. The largest absolute Gasteiger partial charge is 0.416 e. The van der Waals surface area contributed by atoms with Crippen LogP contribution in [0.3, 0.4) is 0 Å². The Morgan fingerprint density at radius 2 is 1.85 bits per heavy atom. The van der Waals surface area contributed by atoms with Crippen LogP contribution in [0.1, 0.15) is 5.56 Å². The van der Waals surface area contributed by atoms with Crippen LogP contribution in [0.15, 0.2) is 47.4 Å². The monoisotopic (exact) mass is 387 g/mol. The predicted molar refractivity (Wildman–Crippen MR) is 86.4 cm³/mol. The number of hydrogen-bond acceptors (Lipinski definition) is 3. The van der Waals surface area contributed by atoms with E-state index in [0.29, 0.717) is 12.1 Å². The highest BCUT2D eigenvalue weighted by molar-refractivity contribution is 5.81. The maximum Gasteiger partial charge on any atom is 0.416 e. The summed E-state index contributed by atoms with van der Waals surface area (Å²) < 4.78 is 79.4. The van der Waals surface area contributed by atoms with Gasteiger partial charge in [-0.05, 0) is 18.2 Å². The molecule has 1 aromatic carbocycles. The van der Waals surface area contributed by atoms with Crippen molar-refractivity contribution in [3.8, 4) is 11.1 Å². The van der Waals surface area contributed by atoms with E-state index in [1.54, 1.807) is 0 Å². The number of benzene rings is 1. The van der Waals surface area contributed by atoms with E-state index in [2.05, 4.69) is 10.3 Å². The minimum atomic E-state index is -4.72. The molecule has 0 aliphatic carbocycles. The Bertz CT molecular complexity index is 1040. The van der Waals surface area contributed by atoms with Gasteiger partial charge in [-0.2, -0.15) is 18.2 Å². The van der Waals surface area contributed by atoms with Crippen molar-refractivity contribution in [3.05, 3.63) is 64.3 Å². The molecular weight excluding hydrogens is 376 g/mol. The molecule has 142 valence electrons. The number of alkyl halides is 5. The zero-order valence-electron chi connectivity index (χ0n) is 13.4. The molecule has 4 nitrogen and oxygen atoms in total. The highest BCUT2D eigenvalue weighted by Crippen LogP contribution is 2.32. The van der Waals surface area contributed by atoms with Crippen LogP contribution in [0.25, 0.3) is 16.6 Å². The molecule has 27 heavy (non-hydrogen) atoms. The molecule has 2 aromatic heterocycles. The van der Waals surface area contributed by atoms with Crippen LogP contribution >= 0.6 is 0 Å². The number of fused-ring (bicyclic) bond motifs is 1. The van der Waals surface area contributed by atoms with Crippen LogP contribution in [-0.2, 0) is 6.18 Å². The lowest BCUT2D eigenvalue weighted by atomic mass is 10.0. The molecule has 0 spiro atoms. The number of anilines is 1. The second-order valence-electron chi connectivity index (χ2n) is 5.54. The predicted octanol–water partition coefficient (Wildman–Crippen LogP) is 4.20. The first-order valence-electron chi connectivity index (χ1n) is 7.59. The van der Waals surface area contributed by atoms with E-state index >= 15 is 0 Å². The van der Waals surface area contributed by atoms with Crippen molar-refractivity contribution in [2.24, 2.45) is 0 Å². The van der Waals surface area contributed by atoms with Gasteiger partial charge in [0.25, 0.3) is 12.0 Å². The van der Waals surface area contributed by atoms with E-state index in [4.69, 9.17) is 0 Å². The van der Waals surface area contributed by atoms with Crippen molar-refractivity contribution in [3.63, 3.8) is 0 Å². The molecule has 0 atom stereocenters. The number of aromatic nitrogens is 2. The van der Waals surface area contributed by atoms with Gasteiger partial charge in [-0.3, -0.25) is 9.20 Å². The van der Waals surface area contributed by atoms with Crippen LogP contribution in [0, 0.1) is 5.82 Å². The standard InChI is InChI=1S/C17H11F6N3O/c18-11-4-2-1-3-10(11)14-12-7-9(17(21,22)23)5-6-26(12)16(25-15(14)27)24-8-13(19)20/h1-7,13H,8H2,(H,24,25,27). The molecule has 2 heterocycles. The van der Waals surface area contributed by atoms with E-state index in [9.17, 15) is 31.1 Å². The first-order chi connectivity index (χ1) is 12.7. The van der Waals surface area contributed by atoms with E-state index in [1.165, 1.54) is 18.2 Å². The third-order valence-electron chi connectivity index (χ3n) is 3.75. The molecule has 10 heteroatoms. The third-order valence-corrected chi connectivity index (χ3v) is 3.75. The summed E-state index contributed by atoms with van der Waals surface area (Å²) >= 11 is 0. The lowest BCUT2D eigenvalue weighted by molar-refractivity contribution is -0.137. The molecule has 0 saturated heterocycles. The van der Waals surface area contributed by atoms with Crippen LogP contribution in [-0.4, -0.2) is 22.4 Å². The molecule has 0 saturated carbocycles. The Morgan fingerprint density at radius 3 is 2.48 bits per heavy atom. The molecule has 0 amide bonds. The van der Waals surface area contributed by atoms with Crippen LogP contribution in [0.2, 0.25) is 0 Å². The Morgan fingerprint density at radius 1 is 1.15 bits per heavy atom. The van der Waals surface area contributed by atoms with Crippen molar-refractivity contribution >= 4 is 11.5 Å². The number of pyridine rings is 1. The zero-order chi connectivity index (χ0) is 19.8. The summed E-state index contributed by atoms with van der Waals surface area (Å²) in [6.07, 6.45) is -6.56. The molecule has 0 fully saturated rings. The minimum Gasteiger partial charge on any atom is -0.350 e. The number of rotatable bonds is 4. The Hall–Kier alpha value is -3.04. The van der Waals surface area contributed by atoms with E-state index in [-0.39, 0.29) is 17.0 Å². The zero-order valence-corrected chi connectivity index (χ0v) is 13.4. The summed E-state index contributed by atoms with van der Waals surface area (Å²) in [6.45, 7) is -0.866. The molecule has 3 aromatic rings. The van der Waals surface area contributed by atoms with E-state index in [0.717, 1.165) is 16.7 Å². The van der Waals surface area contributed by atoms with Crippen molar-refractivity contribution < 1.29 is 26.3 Å². The summed E-state index contributed by atoms with van der Waals surface area (Å²) in [5.74, 6) is -1.20. The smallest absolute Gasteiger partial charge is 0.350 e. The maximum atomic E-state index is 14.2.